The minimum absolute atomic E-state index is 0.0110. The van der Waals surface area contributed by atoms with Crippen LogP contribution in [0.2, 0.25) is 0 Å². The number of hydrogen-bond acceptors (Lipinski definition) is 6. The first kappa shape index (κ1) is 17.9. The van der Waals surface area contributed by atoms with Crippen LogP contribution >= 0.6 is 0 Å². The van der Waals surface area contributed by atoms with Crippen LogP contribution in [0.3, 0.4) is 0 Å². The number of hydrogen-bond donors (Lipinski definition) is 3. The van der Waals surface area contributed by atoms with Crippen molar-refractivity contribution in [3.05, 3.63) is 48.0 Å². The molecule has 2 rings (SSSR count). The van der Waals surface area contributed by atoms with Crippen LogP contribution in [0.5, 0.6) is 17.2 Å². The first-order valence-corrected chi connectivity index (χ1v) is 7.26. The second kappa shape index (κ2) is 8.44. The van der Waals surface area contributed by atoms with Crippen LogP contribution < -0.4 is 14.8 Å². The first-order chi connectivity index (χ1) is 12.0. The number of benzene rings is 2. The molecule has 0 saturated heterocycles. The summed E-state index contributed by atoms with van der Waals surface area (Å²) in [4.78, 5) is 22.4. The molecular formula is C17H17NO7. The van der Waals surface area contributed by atoms with Gasteiger partial charge in [-0.25, -0.2) is 9.59 Å². The zero-order chi connectivity index (χ0) is 18.2. The minimum atomic E-state index is -1.26. The predicted octanol–water partition coefficient (Wildman–Crippen LogP) is 2.73. The van der Waals surface area contributed by atoms with Gasteiger partial charge < -0.3 is 24.4 Å². The summed E-state index contributed by atoms with van der Waals surface area (Å²) in [7, 11) is 1.57. The number of aromatic carboxylic acids is 1. The van der Waals surface area contributed by atoms with E-state index in [2.05, 4.69) is 5.32 Å². The zero-order valence-electron chi connectivity index (χ0n) is 13.4. The number of ether oxygens (including phenoxy) is 3. The molecule has 25 heavy (non-hydrogen) atoms. The Morgan fingerprint density at radius 1 is 1.04 bits per heavy atom. The third kappa shape index (κ3) is 5.31. The number of anilines is 1. The molecule has 2 aromatic rings. The van der Waals surface area contributed by atoms with Crippen LogP contribution in [0, 0.1) is 0 Å². The molecule has 0 radical (unpaired) electrons. The molecule has 1 amide bonds. The lowest BCUT2D eigenvalue weighted by molar-refractivity contribution is 0.0693. The Labute approximate surface area is 143 Å². The van der Waals surface area contributed by atoms with E-state index in [4.69, 9.17) is 19.3 Å². The minimum Gasteiger partial charge on any atom is -0.507 e. The number of aromatic hydroxyl groups is 1. The molecule has 0 unspecified atom stereocenters. The molecule has 132 valence electrons. The summed E-state index contributed by atoms with van der Waals surface area (Å²) in [6, 6.07) is 10.6. The maximum absolute atomic E-state index is 11.6. The fourth-order valence-electron chi connectivity index (χ4n) is 1.91. The summed E-state index contributed by atoms with van der Waals surface area (Å²) in [6.07, 6.45) is -0.749. The number of carboxylic acid groups (broad SMARTS) is 1. The lowest BCUT2D eigenvalue weighted by atomic mass is 10.2. The van der Waals surface area contributed by atoms with E-state index in [1.165, 1.54) is 12.1 Å². The van der Waals surface area contributed by atoms with Crippen LogP contribution in [-0.4, -0.2) is 42.6 Å². The molecular weight excluding hydrogens is 330 g/mol. The van der Waals surface area contributed by atoms with Crippen molar-refractivity contribution < 1.29 is 34.0 Å². The van der Waals surface area contributed by atoms with E-state index in [-0.39, 0.29) is 24.5 Å². The molecule has 0 aliphatic carbocycles. The van der Waals surface area contributed by atoms with E-state index in [0.717, 1.165) is 6.07 Å². The fraction of sp³-hybridized carbons (Fsp3) is 0.176. The van der Waals surface area contributed by atoms with E-state index in [9.17, 15) is 14.7 Å². The van der Waals surface area contributed by atoms with Gasteiger partial charge in [0, 0.05) is 11.8 Å². The molecule has 0 atom stereocenters. The molecule has 2 aromatic carbocycles. The maximum Gasteiger partial charge on any atom is 0.411 e. The average molecular weight is 347 g/mol. The Morgan fingerprint density at radius 3 is 2.32 bits per heavy atom. The SMILES string of the molecule is COc1ccc(OCCOC(=O)Nc2ccc(C(=O)O)c(O)c2)cc1. The number of carboxylic acids is 1. The van der Waals surface area contributed by atoms with Gasteiger partial charge in [-0.1, -0.05) is 0 Å². The number of amides is 1. The van der Waals surface area contributed by atoms with E-state index >= 15 is 0 Å². The molecule has 8 heteroatoms. The van der Waals surface area contributed by atoms with Crippen LogP contribution in [0.4, 0.5) is 10.5 Å². The third-order valence-electron chi connectivity index (χ3n) is 3.12. The van der Waals surface area contributed by atoms with Crippen molar-refractivity contribution in [2.45, 2.75) is 0 Å². The summed E-state index contributed by atoms with van der Waals surface area (Å²) in [5.41, 5.74) is -0.0459. The Kier molecular flexibility index (Phi) is 6.05. The summed E-state index contributed by atoms with van der Waals surface area (Å²) in [6.45, 7) is 0.167. The second-order valence-electron chi connectivity index (χ2n) is 4.82. The van der Waals surface area contributed by atoms with Crippen molar-refractivity contribution in [3.8, 4) is 17.2 Å². The molecule has 0 aromatic heterocycles. The molecule has 0 aliphatic heterocycles. The maximum atomic E-state index is 11.6. The van der Waals surface area contributed by atoms with Crippen molar-refractivity contribution in [1.82, 2.24) is 0 Å². The molecule has 3 N–H and O–H groups in total. The highest BCUT2D eigenvalue weighted by Crippen LogP contribution is 2.22. The van der Waals surface area contributed by atoms with Gasteiger partial charge in [0.15, 0.2) is 0 Å². The lowest BCUT2D eigenvalue weighted by Crippen LogP contribution is -2.17. The van der Waals surface area contributed by atoms with Crippen LogP contribution in [0.15, 0.2) is 42.5 Å². The van der Waals surface area contributed by atoms with E-state index < -0.39 is 17.8 Å². The van der Waals surface area contributed by atoms with Crippen molar-refractivity contribution in [3.63, 3.8) is 0 Å². The normalized spacial score (nSPS) is 9.96. The molecule has 0 bridgehead atoms. The summed E-state index contributed by atoms with van der Waals surface area (Å²) < 4.78 is 15.4. The Balaban J connectivity index is 1.75. The first-order valence-electron chi connectivity index (χ1n) is 7.26. The second-order valence-corrected chi connectivity index (χ2v) is 4.82. The molecule has 0 fully saturated rings. The monoisotopic (exact) mass is 347 g/mol. The van der Waals surface area contributed by atoms with Crippen LogP contribution in [0.25, 0.3) is 0 Å². The lowest BCUT2D eigenvalue weighted by Gasteiger charge is -2.09. The van der Waals surface area contributed by atoms with Gasteiger partial charge in [0.05, 0.1) is 7.11 Å². The van der Waals surface area contributed by atoms with E-state index in [1.807, 2.05) is 0 Å². The third-order valence-corrected chi connectivity index (χ3v) is 3.12. The van der Waals surface area contributed by atoms with Crippen molar-refractivity contribution in [2.75, 3.05) is 25.6 Å². The number of methoxy groups -OCH3 is 1. The quantitative estimate of drug-likeness (QED) is 0.660. The van der Waals surface area contributed by atoms with Gasteiger partial charge in [-0.15, -0.1) is 0 Å². The predicted molar refractivity (Wildman–Crippen MR) is 88.5 cm³/mol. The number of nitrogens with one attached hydrogen (secondary N) is 1. The molecule has 0 heterocycles. The average Bonchev–Trinajstić information content (AvgIpc) is 2.59. The molecule has 0 aliphatic rings. The Morgan fingerprint density at radius 2 is 1.72 bits per heavy atom. The largest absolute Gasteiger partial charge is 0.507 e. The zero-order valence-corrected chi connectivity index (χ0v) is 13.4. The highest BCUT2D eigenvalue weighted by Gasteiger charge is 2.11. The van der Waals surface area contributed by atoms with Crippen LogP contribution in [-0.2, 0) is 4.74 Å². The van der Waals surface area contributed by atoms with Crippen LogP contribution in [0.1, 0.15) is 10.4 Å². The highest BCUT2D eigenvalue weighted by atomic mass is 16.6. The highest BCUT2D eigenvalue weighted by molar-refractivity contribution is 5.92. The smallest absolute Gasteiger partial charge is 0.411 e. The van der Waals surface area contributed by atoms with Gasteiger partial charge in [0.2, 0.25) is 0 Å². The number of carbonyl (C=O) groups is 2. The molecule has 0 saturated carbocycles. The molecule has 8 nitrogen and oxygen atoms in total. The van der Waals surface area contributed by atoms with Gasteiger partial charge >= 0.3 is 12.1 Å². The van der Waals surface area contributed by atoms with E-state index in [0.29, 0.717) is 11.5 Å². The summed E-state index contributed by atoms with van der Waals surface area (Å²) in [5.74, 6) is -0.394. The number of rotatable bonds is 7. The Hall–Kier alpha value is -3.42. The molecule has 0 spiro atoms. The van der Waals surface area contributed by atoms with Gasteiger partial charge in [0.1, 0.15) is 36.0 Å². The summed E-state index contributed by atoms with van der Waals surface area (Å²) in [5, 5.41) is 20.7. The fourth-order valence-corrected chi connectivity index (χ4v) is 1.91. The Bertz CT molecular complexity index is 743. The van der Waals surface area contributed by atoms with Gasteiger partial charge in [-0.3, -0.25) is 5.32 Å². The van der Waals surface area contributed by atoms with E-state index in [1.54, 1.807) is 31.4 Å². The number of carbonyl (C=O) groups excluding carboxylic acids is 1. The van der Waals surface area contributed by atoms with Gasteiger partial charge in [0.25, 0.3) is 0 Å². The topological polar surface area (TPSA) is 114 Å². The van der Waals surface area contributed by atoms with Gasteiger partial charge in [-0.2, -0.15) is 0 Å². The van der Waals surface area contributed by atoms with Crippen molar-refractivity contribution in [1.29, 1.82) is 0 Å². The number of phenols is 1. The summed E-state index contributed by atoms with van der Waals surface area (Å²) >= 11 is 0. The standard InChI is InChI=1S/C17H17NO7/c1-23-12-3-5-13(6-4-12)24-8-9-25-17(22)18-11-2-7-14(16(20)21)15(19)10-11/h2-7,10,19H,8-9H2,1H3,(H,18,22)(H,20,21). The van der Waals surface area contributed by atoms with Gasteiger partial charge in [-0.05, 0) is 36.4 Å². The van der Waals surface area contributed by atoms with Crippen molar-refractivity contribution >= 4 is 17.7 Å². The van der Waals surface area contributed by atoms with Crippen molar-refractivity contribution in [2.24, 2.45) is 0 Å².